The van der Waals surface area contributed by atoms with Crippen LogP contribution in [0.25, 0.3) is 10.4 Å². The Morgan fingerprint density at radius 3 is 2.51 bits per heavy atom. The van der Waals surface area contributed by atoms with Crippen molar-refractivity contribution in [2.24, 2.45) is 5.92 Å². The highest BCUT2D eigenvalue weighted by molar-refractivity contribution is 7.17. The summed E-state index contributed by atoms with van der Waals surface area (Å²) in [7, 11) is 0. The van der Waals surface area contributed by atoms with Crippen molar-refractivity contribution < 1.29 is 14.7 Å². The lowest BCUT2D eigenvalue weighted by molar-refractivity contribution is 0.0692. The van der Waals surface area contributed by atoms with E-state index in [1.807, 2.05) is 24.8 Å². The Hall–Kier alpha value is -2.52. The van der Waals surface area contributed by atoms with Gasteiger partial charge >= 0.3 is 0 Å². The lowest BCUT2D eigenvalue weighted by Gasteiger charge is -2.27. The van der Waals surface area contributed by atoms with Gasteiger partial charge < -0.3 is 20.6 Å². The molecule has 0 spiro atoms. The molecule has 1 aliphatic heterocycles. The second kappa shape index (κ2) is 9.50. The fourth-order valence-electron chi connectivity index (χ4n) is 4.59. The zero-order chi connectivity index (χ0) is 25.5. The van der Waals surface area contributed by atoms with Crippen LogP contribution < -0.4 is 10.6 Å². The predicted molar refractivity (Wildman–Crippen MR) is 139 cm³/mol. The molecule has 3 N–H and O–H groups in total. The number of thiazole rings is 1. The van der Waals surface area contributed by atoms with Gasteiger partial charge in [0.25, 0.3) is 11.8 Å². The molecule has 9 heteroatoms. The van der Waals surface area contributed by atoms with E-state index in [4.69, 9.17) is 0 Å². The highest BCUT2D eigenvalue weighted by Crippen LogP contribution is 2.41. The second-order valence-electron chi connectivity index (χ2n) is 11.2. The molecule has 8 nitrogen and oxygen atoms in total. The summed E-state index contributed by atoms with van der Waals surface area (Å²) in [6.07, 6.45) is 6.16. The van der Waals surface area contributed by atoms with Gasteiger partial charge in [-0.25, -0.2) is 9.97 Å². The van der Waals surface area contributed by atoms with E-state index in [1.54, 1.807) is 20.0 Å². The fraction of sp³-hybridized carbons (Fsp3) is 0.615. The van der Waals surface area contributed by atoms with E-state index >= 15 is 0 Å². The van der Waals surface area contributed by atoms with Crippen LogP contribution in [0.4, 0.5) is 5.82 Å². The number of carbonyl (C=O) groups is 2. The molecule has 1 aliphatic carbocycles. The van der Waals surface area contributed by atoms with Crippen molar-refractivity contribution in [3.8, 4) is 10.4 Å². The van der Waals surface area contributed by atoms with E-state index in [9.17, 15) is 14.7 Å². The van der Waals surface area contributed by atoms with Gasteiger partial charge in [-0.05, 0) is 84.8 Å². The van der Waals surface area contributed by atoms with Gasteiger partial charge in [-0.2, -0.15) is 0 Å². The molecule has 4 rings (SSSR count). The largest absolute Gasteiger partial charge is 0.389 e. The molecule has 1 saturated carbocycles. The van der Waals surface area contributed by atoms with E-state index in [2.05, 4.69) is 34.4 Å². The van der Waals surface area contributed by atoms with E-state index in [1.165, 1.54) is 24.2 Å². The summed E-state index contributed by atoms with van der Waals surface area (Å²) in [6.45, 7) is 12.5. The summed E-state index contributed by atoms with van der Waals surface area (Å²) in [6, 6.07) is 2.14. The summed E-state index contributed by atoms with van der Waals surface area (Å²) in [5, 5.41) is 16.5. The minimum absolute atomic E-state index is 0.0236. The fourth-order valence-corrected chi connectivity index (χ4v) is 5.64. The standard InChI is InChI=1S/C26H37N5O3S/c1-15-12-19(30-26(5,6)17-9-10-17)27-13-18(15)21-20(24(33)31-11-7-8-16(31)2)29-23(35-21)22(32)28-14-25(3,4)34/h12-13,16-17,34H,7-11,14H2,1-6H3,(H,27,30)(H,28,32)/t16-/m0/s1. The predicted octanol–water partition coefficient (Wildman–Crippen LogP) is 4.24. The number of hydrogen-bond donors (Lipinski definition) is 3. The maximum atomic E-state index is 13.5. The first-order chi connectivity index (χ1) is 16.4. The highest BCUT2D eigenvalue weighted by atomic mass is 32.1. The number of aromatic nitrogens is 2. The lowest BCUT2D eigenvalue weighted by atomic mass is 9.98. The molecule has 1 atom stereocenters. The minimum atomic E-state index is -1.04. The summed E-state index contributed by atoms with van der Waals surface area (Å²) in [5.74, 6) is 0.903. The van der Waals surface area contributed by atoms with E-state index in [0.29, 0.717) is 23.0 Å². The molecule has 0 bridgehead atoms. The van der Waals surface area contributed by atoms with Gasteiger partial charge in [0.15, 0.2) is 5.01 Å². The average molecular weight is 500 g/mol. The molecule has 2 fully saturated rings. The smallest absolute Gasteiger partial charge is 0.280 e. The monoisotopic (exact) mass is 499 g/mol. The Kier molecular flexibility index (Phi) is 6.94. The molecule has 35 heavy (non-hydrogen) atoms. The molecule has 0 radical (unpaired) electrons. The topological polar surface area (TPSA) is 107 Å². The number of aliphatic hydroxyl groups is 1. The minimum Gasteiger partial charge on any atom is -0.389 e. The number of anilines is 1. The summed E-state index contributed by atoms with van der Waals surface area (Å²) >= 11 is 1.20. The Morgan fingerprint density at radius 2 is 1.94 bits per heavy atom. The molecule has 0 unspecified atom stereocenters. The van der Waals surface area contributed by atoms with Crippen LogP contribution >= 0.6 is 11.3 Å². The van der Waals surface area contributed by atoms with Crippen molar-refractivity contribution in [3.63, 3.8) is 0 Å². The van der Waals surface area contributed by atoms with Gasteiger partial charge in [-0.1, -0.05) is 0 Å². The van der Waals surface area contributed by atoms with Gasteiger partial charge in [0, 0.05) is 36.4 Å². The van der Waals surface area contributed by atoms with Crippen LogP contribution in [0.1, 0.15) is 86.2 Å². The quantitative estimate of drug-likeness (QED) is 0.502. The molecule has 2 aromatic rings. The summed E-state index contributed by atoms with van der Waals surface area (Å²) in [4.78, 5) is 38.0. The molecular weight excluding hydrogens is 462 g/mol. The number of rotatable bonds is 8. The summed E-state index contributed by atoms with van der Waals surface area (Å²) in [5.41, 5.74) is 0.987. The van der Waals surface area contributed by atoms with Crippen LogP contribution in [-0.4, -0.2) is 62.1 Å². The maximum Gasteiger partial charge on any atom is 0.280 e. The van der Waals surface area contributed by atoms with Crippen LogP contribution in [0, 0.1) is 12.8 Å². The van der Waals surface area contributed by atoms with Crippen LogP contribution in [-0.2, 0) is 0 Å². The molecule has 190 valence electrons. The molecule has 0 aromatic carbocycles. The Labute approximate surface area is 211 Å². The van der Waals surface area contributed by atoms with E-state index < -0.39 is 11.5 Å². The number of nitrogens with zero attached hydrogens (tertiary/aromatic N) is 3. The highest BCUT2D eigenvalue weighted by Gasteiger charge is 2.38. The molecular formula is C26H37N5O3S. The second-order valence-corrected chi connectivity index (χ2v) is 12.2. The number of hydrogen-bond acceptors (Lipinski definition) is 7. The molecule has 1 saturated heterocycles. The lowest BCUT2D eigenvalue weighted by Crippen LogP contribution is -2.38. The first-order valence-corrected chi connectivity index (χ1v) is 13.2. The van der Waals surface area contributed by atoms with E-state index in [0.717, 1.165) is 29.8 Å². The molecule has 2 aromatic heterocycles. The van der Waals surface area contributed by atoms with Crippen LogP contribution in [0.15, 0.2) is 12.3 Å². The Balaban J connectivity index is 1.67. The molecule has 3 heterocycles. The SMILES string of the molecule is Cc1cc(NC(C)(C)C2CC2)ncc1-c1sc(C(=O)NCC(C)(C)O)nc1C(=O)N1CCC[C@@H]1C. The van der Waals surface area contributed by atoms with E-state index in [-0.39, 0.29) is 29.0 Å². The third-order valence-electron chi connectivity index (χ3n) is 6.92. The zero-order valence-corrected chi connectivity index (χ0v) is 22.4. The first-order valence-electron chi connectivity index (χ1n) is 12.4. The van der Waals surface area contributed by atoms with Crippen molar-refractivity contribution >= 4 is 29.0 Å². The van der Waals surface area contributed by atoms with Gasteiger partial charge in [0.05, 0.1) is 10.5 Å². The zero-order valence-electron chi connectivity index (χ0n) is 21.6. The van der Waals surface area contributed by atoms with Crippen molar-refractivity contribution in [1.29, 1.82) is 0 Å². The maximum absolute atomic E-state index is 13.5. The normalized spacial score (nSPS) is 18.6. The molecule has 2 amide bonds. The van der Waals surface area contributed by atoms with Gasteiger partial charge in [-0.3, -0.25) is 9.59 Å². The Bertz CT molecular complexity index is 1120. The van der Waals surface area contributed by atoms with Gasteiger partial charge in [-0.15, -0.1) is 11.3 Å². The molecule has 2 aliphatic rings. The van der Waals surface area contributed by atoms with Crippen molar-refractivity contribution in [2.45, 2.75) is 84.4 Å². The van der Waals surface area contributed by atoms with Gasteiger partial charge in [0.1, 0.15) is 11.5 Å². The van der Waals surface area contributed by atoms with Crippen molar-refractivity contribution in [2.75, 3.05) is 18.4 Å². The van der Waals surface area contributed by atoms with Crippen LogP contribution in [0.5, 0.6) is 0 Å². The van der Waals surface area contributed by atoms with Crippen molar-refractivity contribution in [3.05, 3.63) is 28.5 Å². The number of likely N-dealkylation sites (tertiary alicyclic amines) is 1. The Morgan fingerprint density at radius 1 is 1.23 bits per heavy atom. The number of pyridine rings is 1. The number of aryl methyl sites for hydroxylation is 1. The van der Waals surface area contributed by atoms with Crippen molar-refractivity contribution in [1.82, 2.24) is 20.2 Å². The third kappa shape index (κ3) is 5.83. The average Bonchev–Trinajstić information content (AvgIpc) is 3.42. The van der Waals surface area contributed by atoms with Crippen LogP contribution in [0.3, 0.4) is 0 Å². The third-order valence-corrected chi connectivity index (χ3v) is 8.01. The summed E-state index contributed by atoms with van der Waals surface area (Å²) < 4.78 is 0. The van der Waals surface area contributed by atoms with Crippen LogP contribution in [0.2, 0.25) is 0 Å². The van der Waals surface area contributed by atoms with Gasteiger partial charge in [0.2, 0.25) is 0 Å². The first kappa shape index (κ1) is 25.6. The number of carbonyl (C=O) groups excluding carboxylic acids is 2. The number of nitrogens with one attached hydrogen (secondary N) is 2. The number of amides is 2.